The lowest BCUT2D eigenvalue weighted by atomic mass is 10.1. The Morgan fingerprint density at radius 1 is 1.12 bits per heavy atom. The highest BCUT2D eigenvalue weighted by Crippen LogP contribution is 2.37. The lowest BCUT2D eigenvalue weighted by Crippen LogP contribution is -2.05. The first-order chi connectivity index (χ1) is 7.48. The van der Waals surface area contributed by atoms with Gasteiger partial charge in [0.15, 0.2) is 0 Å². The molecule has 0 saturated heterocycles. The Labute approximate surface area is 98.0 Å². The molecular weight excluding hydrogens is 285 g/mol. The Morgan fingerprint density at radius 2 is 1.88 bits per heavy atom. The van der Waals surface area contributed by atoms with Crippen LogP contribution in [0, 0.1) is 0 Å². The zero-order valence-electron chi connectivity index (χ0n) is 7.88. The number of furan rings is 1. The first-order valence-corrected chi connectivity index (χ1v) is 5.18. The molecule has 0 radical (unpaired) electrons. The molecule has 0 spiro atoms. The molecule has 0 atom stereocenters. The fourth-order valence-electron chi connectivity index (χ4n) is 1.34. The molecule has 0 unspecified atom stereocenters. The van der Waals surface area contributed by atoms with E-state index in [9.17, 15) is 13.2 Å². The van der Waals surface area contributed by atoms with E-state index in [2.05, 4.69) is 15.9 Å². The van der Waals surface area contributed by atoms with E-state index in [1.807, 2.05) is 0 Å². The minimum atomic E-state index is -4.37. The second-order valence-corrected chi connectivity index (χ2v) is 4.02. The monoisotopic (exact) mass is 290 g/mol. The van der Waals surface area contributed by atoms with Gasteiger partial charge in [-0.15, -0.1) is 0 Å². The number of hydrogen-bond acceptors (Lipinski definition) is 1. The Morgan fingerprint density at radius 3 is 2.44 bits per heavy atom. The molecule has 5 heteroatoms. The van der Waals surface area contributed by atoms with E-state index in [0.717, 1.165) is 6.07 Å². The fraction of sp³-hybridized carbons (Fsp3) is 0.0909. The maximum absolute atomic E-state index is 12.6. The maximum Gasteiger partial charge on any atom is 0.417 e. The summed E-state index contributed by atoms with van der Waals surface area (Å²) in [6.45, 7) is 0. The van der Waals surface area contributed by atoms with Crippen molar-refractivity contribution in [2.75, 3.05) is 0 Å². The topological polar surface area (TPSA) is 13.1 Å². The molecule has 0 aliphatic rings. The van der Waals surface area contributed by atoms with Crippen LogP contribution in [0.5, 0.6) is 0 Å². The smallest absolute Gasteiger partial charge is 0.417 e. The number of hydrogen-bond donors (Lipinski definition) is 0. The van der Waals surface area contributed by atoms with Crippen molar-refractivity contribution in [2.24, 2.45) is 0 Å². The van der Waals surface area contributed by atoms with Gasteiger partial charge in [0, 0.05) is 10.0 Å². The summed E-state index contributed by atoms with van der Waals surface area (Å²) < 4.78 is 42.9. The highest BCUT2D eigenvalue weighted by Gasteiger charge is 2.33. The van der Waals surface area contributed by atoms with Crippen molar-refractivity contribution in [2.45, 2.75) is 6.18 Å². The third-order valence-electron chi connectivity index (χ3n) is 2.08. The first kappa shape index (κ1) is 11.3. The Balaban J connectivity index is 2.52. The van der Waals surface area contributed by atoms with E-state index in [4.69, 9.17) is 4.42 Å². The predicted octanol–water partition coefficient (Wildman–Crippen LogP) is 4.73. The van der Waals surface area contributed by atoms with Crippen LogP contribution in [0.4, 0.5) is 13.2 Å². The average Bonchev–Trinajstić information content (AvgIpc) is 2.69. The van der Waals surface area contributed by atoms with Gasteiger partial charge >= 0.3 is 6.18 Å². The van der Waals surface area contributed by atoms with E-state index >= 15 is 0 Å². The minimum Gasteiger partial charge on any atom is -0.464 e. The van der Waals surface area contributed by atoms with Gasteiger partial charge in [-0.05, 0) is 24.3 Å². The molecule has 0 N–H and O–H groups in total. The van der Waals surface area contributed by atoms with Gasteiger partial charge in [-0.25, -0.2) is 0 Å². The molecular formula is C11H6BrF3O. The lowest BCUT2D eigenvalue weighted by molar-refractivity contribution is -0.138. The Bertz CT molecular complexity index is 488. The van der Waals surface area contributed by atoms with Gasteiger partial charge in [0.2, 0.25) is 0 Å². The zero-order chi connectivity index (χ0) is 11.8. The van der Waals surface area contributed by atoms with Crippen molar-refractivity contribution in [1.29, 1.82) is 0 Å². The van der Waals surface area contributed by atoms with Crippen LogP contribution >= 0.6 is 15.9 Å². The highest BCUT2D eigenvalue weighted by atomic mass is 79.9. The number of benzene rings is 1. The van der Waals surface area contributed by atoms with Crippen molar-refractivity contribution in [3.05, 3.63) is 46.6 Å². The summed E-state index contributed by atoms with van der Waals surface area (Å²) in [7, 11) is 0. The number of halogens is 4. The molecule has 1 nitrogen and oxygen atoms in total. The third-order valence-corrected chi connectivity index (χ3v) is 2.77. The number of rotatable bonds is 1. The Kier molecular flexibility index (Phi) is 2.80. The van der Waals surface area contributed by atoms with Crippen molar-refractivity contribution in [1.82, 2.24) is 0 Å². The molecule has 0 aliphatic carbocycles. The van der Waals surface area contributed by atoms with Crippen LogP contribution in [0.2, 0.25) is 0 Å². The zero-order valence-corrected chi connectivity index (χ0v) is 9.47. The molecule has 0 aliphatic heterocycles. The van der Waals surface area contributed by atoms with Crippen molar-refractivity contribution < 1.29 is 17.6 Å². The van der Waals surface area contributed by atoms with E-state index in [-0.39, 0.29) is 4.47 Å². The van der Waals surface area contributed by atoms with Crippen LogP contribution in [0.3, 0.4) is 0 Å². The molecule has 16 heavy (non-hydrogen) atoms. The van der Waals surface area contributed by atoms with Crippen molar-refractivity contribution in [3.8, 4) is 11.3 Å². The quantitative estimate of drug-likeness (QED) is 0.740. The van der Waals surface area contributed by atoms with Crippen LogP contribution in [0.25, 0.3) is 11.3 Å². The standard InChI is InChI=1S/C11H6BrF3O/c12-9-4-3-7(10-2-1-5-16-10)6-8(9)11(13,14)15/h1-6H. The van der Waals surface area contributed by atoms with Crippen LogP contribution in [-0.2, 0) is 6.18 Å². The van der Waals surface area contributed by atoms with E-state index in [1.54, 1.807) is 18.2 Å². The summed E-state index contributed by atoms with van der Waals surface area (Å²) in [6, 6.07) is 7.23. The molecule has 1 heterocycles. The highest BCUT2D eigenvalue weighted by molar-refractivity contribution is 9.10. The molecule has 2 rings (SSSR count). The van der Waals surface area contributed by atoms with Crippen molar-refractivity contribution in [3.63, 3.8) is 0 Å². The maximum atomic E-state index is 12.6. The van der Waals surface area contributed by atoms with Gasteiger partial charge < -0.3 is 4.42 Å². The van der Waals surface area contributed by atoms with Gasteiger partial charge in [0.25, 0.3) is 0 Å². The third kappa shape index (κ3) is 2.14. The van der Waals surface area contributed by atoms with E-state index in [0.29, 0.717) is 11.3 Å². The Hall–Kier alpha value is -1.23. The summed E-state index contributed by atoms with van der Waals surface area (Å²) in [5.41, 5.74) is -0.304. The normalized spacial score (nSPS) is 11.8. The summed E-state index contributed by atoms with van der Waals surface area (Å²) in [5.74, 6) is 0.415. The van der Waals surface area contributed by atoms with Gasteiger partial charge in [0.1, 0.15) is 5.76 Å². The minimum absolute atomic E-state index is 0.0234. The van der Waals surface area contributed by atoms with Gasteiger partial charge in [-0.1, -0.05) is 22.0 Å². The summed E-state index contributed by atoms with van der Waals surface area (Å²) >= 11 is 2.88. The van der Waals surface area contributed by atoms with Crippen LogP contribution < -0.4 is 0 Å². The number of alkyl halides is 3. The van der Waals surface area contributed by atoms with Gasteiger partial charge in [0.05, 0.1) is 11.8 Å². The van der Waals surface area contributed by atoms with Gasteiger partial charge in [-0.3, -0.25) is 0 Å². The fourth-order valence-corrected chi connectivity index (χ4v) is 1.81. The molecule has 0 fully saturated rings. The summed E-state index contributed by atoms with van der Waals surface area (Å²) in [6.07, 6.45) is -2.95. The second-order valence-electron chi connectivity index (χ2n) is 3.17. The second kappa shape index (κ2) is 3.97. The van der Waals surface area contributed by atoms with Crippen LogP contribution in [0.15, 0.2) is 45.5 Å². The van der Waals surface area contributed by atoms with Crippen LogP contribution in [0.1, 0.15) is 5.56 Å². The van der Waals surface area contributed by atoms with Crippen LogP contribution in [-0.4, -0.2) is 0 Å². The first-order valence-electron chi connectivity index (χ1n) is 4.39. The summed E-state index contributed by atoms with van der Waals surface area (Å²) in [4.78, 5) is 0. The molecule has 0 bridgehead atoms. The molecule has 1 aromatic heterocycles. The van der Waals surface area contributed by atoms with E-state index < -0.39 is 11.7 Å². The molecule has 84 valence electrons. The lowest BCUT2D eigenvalue weighted by Gasteiger charge is -2.10. The largest absolute Gasteiger partial charge is 0.464 e. The molecule has 0 saturated carbocycles. The van der Waals surface area contributed by atoms with Gasteiger partial charge in [-0.2, -0.15) is 13.2 Å². The molecule has 2 aromatic rings. The molecule has 0 amide bonds. The SMILES string of the molecule is FC(F)(F)c1cc(-c2ccco2)ccc1Br. The molecule has 1 aromatic carbocycles. The predicted molar refractivity (Wildman–Crippen MR) is 56.8 cm³/mol. The average molecular weight is 291 g/mol. The van der Waals surface area contributed by atoms with E-state index in [1.165, 1.54) is 12.3 Å². The van der Waals surface area contributed by atoms with Crippen molar-refractivity contribution >= 4 is 15.9 Å². The summed E-state index contributed by atoms with van der Waals surface area (Å²) in [5, 5.41) is 0.